The van der Waals surface area contributed by atoms with Crippen molar-refractivity contribution in [3.63, 3.8) is 0 Å². The van der Waals surface area contributed by atoms with Gasteiger partial charge in [-0.2, -0.15) is 0 Å². The van der Waals surface area contributed by atoms with Gasteiger partial charge in [-0.25, -0.2) is 4.79 Å². The molecule has 3 rings (SSSR count). The van der Waals surface area contributed by atoms with E-state index in [1.807, 2.05) is 6.92 Å². The van der Waals surface area contributed by atoms with Crippen molar-refractivity contribution in [1.82, 2.24) is 0 Å². The van der Waals surface area contributed by atoms with Gasteiger partial charge in [-0.05, 0) is 43.9 Å². The van der Waals surface area contributed by atoms with Crippen molar-refractivity contribution in [2.75, 3.05) is 10.6 Å². The number of carbonyl (C=O) groups is 2. The summed E-state index contributed by atoms with van der Waals surface area (Å²) in [6.45, 7) is 1.90. The van der Waals surface area contributed by atoms with E-state index in [2.05, 4.69) is 10.6 Å². The maximum atomic E-state index is 12.1. The minimum atomic E-state index is -0.998. The molecule has 18 heavy (non-hydrogen) atoms. The molecule has 1 saturated carbocycles. The Morgan fingerprint density at radius 2 is 2.11 bits per heavy atom. The van der Waals surface area contributed by atoms with Crippen molar-refractivity contribution in [3.05, 3.63) is 23.8 Å². The second-order valence-corrected chi connectivity index (χ2v) is 5.12. The van der Waals surface area contributed by atoms with Gasteiger partial charge in [0, 0.05) is 0 Å². The normalized spacial score (nSPS) is 25.9. The van der Waals surface area contributed by atoms with Crippen molar-refractivity contribution in [2.24, 2.45) is 5.92 Å². The van der Waals surface area contributed by atoms with Crippen LogP contribution in [0.15, 0.2) is 18.2 Å². The molecule has 1 fully saturated rings. The fraction of sp³-hybridized carbons (Fsp3) is 0.385. The molecule has 0 aromatic heterocycles. The first-order valence-corrected chi connectivity index (χ1v) is 5.98. The van der Waals surface area contributed by atoms with E-state index in [-0.39, 0.29) is 11.5 Å². The predicted octanol–water partition coefficient (Wildman–Crippen LogP) is 1.92. The van der Waals surface area contributed by atoms with Gasteiger partial charge >= 0.3 is 5.97 Å². The number of fused-ring (bicyclic) bond motifs is 1. The summed E-state index contributed by atoms with van der Waals surface area (Å²) in [7, 11) is 0. The first kappa shape index (κ1) is 11.1. The molecule has 1 atom stereocenters. The van der Waals surface area contributed by atoms with Crippen LogP contribution in [-0.2, 0) is 4.79 Å². The van der Waals surface area contributed by atoms with Crippen LogP contribution in [0.25, 0.3) is 0 Å². The number of amides is 1. The van der Waals surface area contributed by atoms with Crippen molar-refractivity contribution < 1.29 is 14.7 Å². The molecule has 94 valence electrons. The Morgan fingerprint density at radius 3 is 2.72 bits per heavy atom. The second kappa shape index (κ2) is 3.48. The highest BCUT2D eigenvalue weighted by molar-refractivity contribution is 6.07. The zero-order chi connectivity index (χ0) is 12.9. The van der Waals surface area contributed by atoms with E-state index in [4.69, 9.17) is 5.11 Å². The summed E-state index contributed by atoms with van der Waals surface area (Å²) in [6.07, 6.45) is 2.11. The van der Waals surface area contributed by atoms with Gasteiger partial charge in [0.1, 0.15) is 5.54 Å². The first-order valence-electron chi connectivity index (χ1n) is 5.98. The quantitative estimate of drug-likeness (QED) is 0.745. The number of nitrogens with one attached hydrogen (secondary N) is 2. The summed E-state index contributed by atoms with van der Waals surface area (Å²) in [6, 6.07) is 4.73. The minimum absolute atomic E-state index is 0.0833. The lowest BCUT2D eigenvalue weighted by Gasteiger charge is -2.36. The molecule has 0 radical (unpaired) electrons. The third kappa shape index (κ3) is 1.54. The molecule has 0 bridgehead atoms. The monoisotopic (exact) mass is 246 g/mol. The van der Waals surface area contributed by atoms with E-state index in [0.717, 1.165) is 18.5 Å². The number of benzene rings is 1. The summed E-state index contributed by atoms with van der Waals surface area (Å²) >= 11 is 0. The fourth-order valence-corrected chi connectivity index (χ4v) is 2.43. The van der Waals surface area contributed by atoms with E-state index < -0.39 is 11.5 Å². The molecule has 2 aliphatic rings. The summed E-state index contributed by atoms with van der Waals surface area (Å²) in [5.41, 5.74) is 0.926. The van der Waals surface area contributed by atoms with Gasteiger partial charge in [0.2, 0.25) is 5.91 Å². The molecule has 1 aromatic carbocycles. The number of aromatic carboxylic acids is 1. The predicted molar refractivity (Wildman–Crippen MR) is 66.8 cm³/mol. The van der Waals surface area contributed by atoms with Crippen LogP contribution in [-0.4, -0.2) is 22.5 Å². The largest absolute Gasteiger partial charge is 0.478 e. The van der Waals surface area contributed by atoms with Crippen molar-refractivity contribution in [3.8, 4) is 0 Å². The molecule has 1 aliphatic carbocycles. The zero-order valence-corrected chi connectivity index (χ0v) is 9.99. The summed E-state index contributed by atoms with van der Waals surface area (Å²) in [5.74, 6) is -0.715. The van der Waals surface area contributed by atoms with E-state index in [1.165, 1.54) is 6.07 Å². The van der Waals surface area contributed by atoms with Gasteiger partial charge in [0.15, 0.2) is 0 Å². The van der Waals surface area contributed by atoms with E-state index >= 15 is 0 Å². The number of hydrogen-bond acceptors (Lipinski definition) is 3. The van der Waals surface area contributed by atoms with Gasteiger partial charge in [-0.1, -0.05) is 0 Å². The topological polar surface area (TPSA) is 78.4 Å². The van der Waals surface area contributed by atoms with Gasteiger partial charge < -0.3 is 15.7 Å². The van der Waals surface area contributed by atoms with Crippen molar-refractivity contribution >= 4 is 23.3 Å². The van der Waals surface area contributed by atoms with Gasteiger partial charge in [0.25, 0.3) is 0 Å². The third-order valence-corrected chi connectivity index (χ3v) is 3.77. The molecule has 1 heterocycles. The van der Waals surface area contributed by atoms with Crippen LogP contribution in [0.5, 0.6) is 0 Å². The van der Waals surface area contributed by atoms with E-state index in [0.29, 0.717) is 11.6 Å². The van der Waals surface area contributed by atoms with Gasteiger partial charge in [0.05, 0.1) is 16.9 Å². The molecular weight excluding hydrogens is 232 g/mol. The average molecular weight is 246 g/mol. The third-order valence-electron chi connectivity index (χ3n) is 3.77. The molecule has 3 N–H and O–H groups in total. The maximum absolute atomic E-state index is 12.1. The van der Waals surface area contributed by atoms with Gasteiger partial charge in [-0.15, -0.1) is 0 Å². The Bertz CT molecular complexity index is 551. The lowest BCUT2D eigenvalue weighted by molar-refractivity contribution is -0.120. The number of carboxylic acid groups (broad SMARTS) is 1. The Morgan fingerprint density at radius 1 is 1.39 bits per heavy atom. The van der Waals surface area contributed by atoms with Crippen LogP contribution >= 0.6 is 0 Å². The smallest absolute Gasteiger partial charge is 0.335 e. The molecule has 5 heteroatoms. The molecule has 1 amide bonds. The highest BCUT2D eigenvalue weighted by Gasteiger charge is 2.49. The fourth-order valence-electron chi connectivity index (χ4n) is 2.43. The van der Waals surface area contributed by atoms with Crippen LogP contribution in [0.2, 0.25) is 0 Å². The van der Waals surface area contributed by atoms with Gasteiger partial charge in [-0.3, -0.25) is 4.79 Å². The van der Waals surface area contributed by atoms with E-state index in [9.17, 15) is 9.59 Å². The summed E-state index contributed by atoms with van der Waals surface area (Å²) in [4.78, 5) is 23.0. The standard InChI is InChI=1S/C13H14N2O3/c1-13(8-3-4-8)12(18)14-10-6-7(11(16)17)2-5-9(10)15-13/h2,5-6,8,15H,3-4H2,1H3,(H,14,18)(H,16,17). The Hall–Kier alpha value is -2.04. The maximum Gasteiger partial charge on any atom is 0.335 e. The second-order valence-electron chi connectivity index (χ2n) is 5.12. The molecule has 1 aromatic rings. The highest BCUT2D eigenvalue weighted by Crippen LogP contribution is 2.45. The van der Waals surface area contributed by atoms with Crippen LogP contribution in [0.1, 0.15) is 30.1 Å². The summed E-state index contributed by atoms with van der Waals surface area (Å²) < 4.78 is 0. The molecule has 5 nitrogen and oxygen atoms in total. The lowest BCUT2D eigenvalue weighted by Crippen LogP contribution is -2.51. The van der Waals surface area contributed by atoms with Crippen molar-refractivity contribution in [2.45, 2.75) is 25.3 Å². The minimum Gasteiger partial charge on any atom is -0.478 e. The van der Waals surface area contributed by atoms with Crippen molar-refractivity contribution in [1.29, 1.82) is 0 Å². The lowest BCUT2D eigenvalue weighted by atomic mass is 9.91. The molecule has 1 aliphatic heterocycles. The highest BCUT2D eigenvalue weighted by atomic mass is 16.4. The SMILES string of the molecule is CC1(C2CC2)Nc2ccc(C(=O)O)cc2NC1=O. The Labute approximate surface area is 104 Å². The number of hydrogen-bond donors (Lipinski definition) is 3. The number of carboxylic acids is 1. The zero-order valence-electron chi connectivity index (χ0n) is 9.99. The van der Waals surface area contributed by atoms with Crippen LogP contribution in [0.4, 0.5) is 11.4 Å². The molecule has 1 unspecified atom stereocenters. The number of carbonyl (C=O) groups excluding carboxylic acids is 1. The van der Waals surface area contributed by atoms with Crippen LogP contribution < -0.4 is 10.6 Å². The summed E-state index contributed by atoms with van der Waals surface area (Å²) in [5, 5.41) is 15.0. The van der Waals surface area contributed by atoms with Crippen LogP contribution in [0.3, 0.4) is 0 Å². The Balaban J connectivity index is 1.99. The first-order chi connectivity index (χ1) is 8.50. The molecular formula is C13H14N2O3. The number of anilines is 2. The van der Waals surface area contributed by atoms with E-state index in [1.54, 1.807) is 12.1 Å². The average Bonchev–Trinajstić information content (AvgIpc) is 3.14. The number of rotatable bonds is 2. The molecule has 0 spiro atoms. The molecule has 0 saturated heterocycles. The Kier molecular flexibility index (Phi) is 2.14. The van der Waals surface area contributed by atoms with Crippen LogP contribution in [0, 0.1) is 5.92 Å².